The van der Waals surface area contributed by atoms with Crippen molar-refractivity contribution < 1.29 is 18.2 Å². The molecule has 23 heavy (non-hydrogen) atoms. The summed E-state index contributed by atoms with van der Waals surface area (Å²) in [6.45, 7) is 7.21. The molecule has 0 amide bonds. The molecule has 1 N–H and O–H groups in total. The van der Waals surface area contributed by atoms with Gasteiger partial charge in [-0.15, -0.1) is 0 Å². The second-order valence-electron chi connectivity index (χ2n) is 5.41. The zero-order chi connectivity index (χ0) is 17.7. The van der Waals surface area contributed by atoms with Crippen LogP contribution < -0.4 is 5.32 Å². The van der Waals surface area contributed by atoms with E-state index in [0.29, 0.717) is 12.2 Å². The highest BCUT2D eigenvalue weighted by molar-refractivity contribution is 9.10. The Labute approximate surface area is 146 Å². The first-order valence-corrected chi connectivity index (χ1v) is 12.5. The van der Waals surface area contributed by atoms with Crippen LogP contribution in [0.1, 0.15) is 19.4 Å². The molecule has 1 aromatic heterocycles. The summed E-state index contributed by atoms with van der Waals surface area (Å²) >= 11 is 3.39. The van der Waals surface area contributed by atoms with Crippen LogP contribution in [0, 0.1) is 0 Å². The fraction of sp³-hybridized carbons (Fsp3) is 0.643. The third-order valence-electron chi connectivity index (χ3n) is 3.27. The highest BCUT2D eigenvalue weighted by Gasteiger charge is 2.43. The number of nitrogens with zero attached hydrogens (tertiary/aromatic N) is 1. The molecule has 6 nitrogen and oxygen atoms in total. The highest BCUT2D eigenvalue weighted by atomic mass is 79.9. The van der Waals surface area contributed by atoms with Crippen molar-refractivity contribution in [2.45, 2.75) is 25.7 Å². The van der Waals surface area contributed by atoms with E-state index in [9.17, 15) is 9.13 Å². The Bertz CT molecular complexity index is 611. The van der Waals surface area contributed by atoms with Crippen LogP contribution in [0.2, 0.25) is 0 Å². The van der Waals surface area contributed by atoms with Gasteiger partial charge in [0.05, 0.1) is 20.4 Å². The predicted octanol–water partition coefficient (Wildman–Crippen LogP) is 4.64. The van der Waals surface area contributed by atoms with Crippen molar-refractivity contribution in [3.8, 4) is 0 Å². The monoisotopic (exact) mass is 426 g/mol. The minimum absolute atomic E-state index is 0.239. The average molecular weight is 427 g/mol. The van der Waals surface area contributed by atoms with Crippen LogP contribution in [0.3, 0.4) is 0 Å². The van der Waals surface area contributed by atoms with Crippen LogP contribution in [-0.4, -0.2) is 44.0 Å². The predicted molar refractivity (Wildman–Crippen MR) is 99.3 cm³/mol. The third kappa shape index (κ3) is 5.68. The summed E-state index contributed by atoms with van der Waals surface area (Å²) in [5, 5.41) is 2.29. The van der Waals surface area contributed by atoms with Crippen LogP contribution in [-0.2, 0) is 24.6 Å². The number of hydrogen-bond donors (Lipinski definition) is 1. The largest absolute Gasteiger partial charge is 0.373 e. The average Bonchev–Trinajstić information content (AvgIpc) is 2.44. The third-order valence-corrected chi connectivity index (χ3v) is 9.99. The number of rotatable bonds is 9. The lowest BCUT2D eigenvalue weighted by Gasteiger charge is -2.29. The van der Waals surface area contributed by atoms with Gasteiger partial charge in [-0.05, 0) is 61.2 Å². The van der Waals surface area contributed by atoms with Crippen molar-refractivity contribution >= 4 is 36.5 Å². The van der Waals surface area contributed by atoms with Gasteiger partial charge in [0.1, 0.15) is 11.2 Å². The van der Waals surface area contributed by atoms with Crippen molar-refractivity contribution in [3.05, 3.63) is 22.3 Å². The van der Waals surface area contributed by atoms with E-state index in [4.69, 9.17) is 9.05 Å². The summed E-state index contributed by atoms with van der Waals surface area (Å²) in [6, 6.07) is 1.88. The van der Waals surface area contributed by atoms with Crippen LogP contribution >= 0.6 is 30.7 Å². The molecule has 1 atom stereocenters. The second kappa shape index (κ2) is 8.77. The lowest BCUT2D eigenvalue weighted by atomic mass is 10.2. The summed E-state index contributed by atoms with van der Waals surface area (Å²) in [6.07, 6.45) is 1.97. The molecule has 1 heterocycles. The first-order valence-electron chi connectivity index (χ1n) is 7.43. The molecule has 0 aliphatic rings. The summed E-state index contributed by atoms with van der Waals surface area (Å²) in [5.41, 5.74) is 0.815. The summed E-state index contributed by atoms with van der Waals surface area (Å²) in [4.78, 5) is 4.29. The van der Waals surface area contributed by atoms with Crippen LogP contribution in [0.25, 0.3) is 0 Å². The second-order valence-corrected chi connectivity index (χ2v) is 12.4. The van der Waals surface area contributed by atoms with Crippen molar-refractivity contribution in [1.82, 2.24) is 4.98 Å². The molecule has 0 aromatic carbocycles. The summed E-state index contributed by atoms with van der Waals surface area (Å²) in [7, 11) is -4.49. The Kier molecular flexibility index (Phi) is 7.96. The van der Waals surface area contributed by atoms with E-state index < -0.39 is 20.1 Å². The van der Waals surface area contributed by atoms with Gasteiger partial charge in [0, 0.05) is 17.7 Å². The lowest BCUT2D eigenvalue weighted by molar-refractivity contribution is 0.217. The summed E-state index contributed by atoms with van der Waals surface area (Å²) < 4.78 is 37.7. The summed E-state index contributed by atoms with van der Waals surface area (Å²) in [5.74, 6) is 0.659. The lowest BCUT2D eigenvalue weighted by Crippen LogP contribution is -2.17. The molecule has 0 saturated carbocycles. The zero-order valence-corrected chi connectivity index (χ0v) is 17.6. The molecular weight excluding hydrogens is 402 g/mol. The molecule has 132 valence electrons. The Morgan fingerprint density at radius 1 is 1.26 bits per heavy atom. The molecule has 1 rings (SSSR count). The number of aromatic nitrogens is 1. The molecular formula is C14H25BrN2O4P2. The molecule has 0 radical (unpaired) electrons. The van der Waals surface area contributed by atoms with Gasteiger partial charge < -0.3 is 18.9 Å². The topological polar surface area (TPSA) is 77.5 Å². The van der Waals surface area contributed by atoms with Gasteiger partial charge >= 0.3 is 7.60 Å². The fourth-order valence-electron chi connectivity index (χ4n) is 2.30. The van der Waals surface area contributed by atoms with E-state index in [1.165, 1.54) is 0 Å². The van der Waals surface area contributed by atoms with Crippen molar-refractivity contribution in [2.75, 3.05) is 38.9 Å². The number of halogens is 1. The van der Waals surface area contributed by atoms with Crippen molar-refractivity contribution in [1.29, 1.82) is 0 Å². The van der Waals surface area contributed by atoms with Gasteiger partial charge in [0.25, 0.3) is 0 Å². The van der Waals surface area contributed by atoms with Gasteiger partial charge in [0.15, 0.2) is 0 Å². The fourth-order valence-corrected chi connectivity index (χ4v) is 8.00. The standard InChI is InChI=1S/C14H25BrN2O4P2/c1-6-20-23(19,21-7-2)13(22(4,5)18)9-11-8-12(15)10-17-14(11)16-3/h8,10,13H,6-7,9H2,1-5H3,(H,16,17). The van der Waals surface area contributed by atoms with Crippen LogP contribution in [0.4, 0.5) is 5.82 Å². The minimum Gasteiger partial charge on any atom is -0.373 e. The van der Waals surface area contributed by atoms with Gasteiger partial charge in [0.2, 0.25) is 0 Å². The van der Waals surface area contributed by atoms with Crippen molar-refractivity contribution in [3.63, 3.8) is 0 Å². The first-order chi connectivity index (χ1) is 10.7. The Balaban J connectivity index is 3.31. The van der Waals surface area contributed by atoms with E-state index >= 15 is 0 Å². The first kappa shape index (κ1) is 20.9. The number of hydrogen-bond acceptors (Lipinski definition) is 6. The molecule has 0 spiro atoms. The smallest absolute Gasteiger partial charge is 0.341 e. The number of pyridine rings is 1. The molecule has 0 fully saturated rings. The normalized spacial score (nSPS) is 13.8. The van der Waals surface area contributed by atoms with E-state index in [1.807, 2.05) is 6.07 Å². The molecule has 0 aliphatic carbocycles. The maximum atomic E-state index is 13.2. The number of nitrogens with one attached hydrogen (secondary N) is 1. The zero-order valence-electron chi connectivity index (χ0n) is 14.2. The quantitative estimate of drug-likeness (QED) is 0.579. The van der Waals surface area contributed by atoms with E-state index in [0.717, 1.165) is 10.0 Å². The Hall–Kier alpha value is -0.190. The van der Waals surface area contributed by atoms with Gasteiger partial charge in [-0.1, -0.05) is 0 Å². The Morgan fingerprint density at radius 2 is 1.83 bits per heavy atom. The van der Waals surface area contributed by atoms with E-state index in [-0.39, 0.29) is 13.2 Å². The molecule has 1 unspecified atom stereocenters. The maximum Gasteiger partial charge on any atom is 0.341 e. The molecule has 9 heteroatoms. The minimum atomic E-state index is -3.50. The van der Waals surface area contributed by atoms with Gasteiger partial charge in [-0.3, -0.25) is 4.57 Å². The maximum absolute atomic E-state index is 13.2. The molecule has 0 saturated heterocycles. The molecule has 0 bridgehead atoms. The van der Waals surface area contributed by atoms with E-state index in [1.54, 1.807) is 40.4 Å². The number of anilines is 1. The van der Waals surface area contributed by atoms with Crippen molar-refractivity contribution in [2.24, 2.45) is 0 Å². The Morgan fingerprint density at radius 3 is 2.26 bits per heavy atom. The van der Waals surface area contributed by atoms with Crippen LogP contribution in [0.5, 0.6) is 0 Å². The molecule has 1 aromatic rings. The van der Waals surface area contributed by atoms with Gasteiger partial charge in [-0.25, -0.2) is 4.98 Å². The molecule has 0 aliphatic heterocycles. The van der Waals surface area contributed by atoms with E-state index in [2.05, 4.69) is 26.2 Å². The van der Waals surface area contributed by atoms with Crippen LogP contribution in [0.15, 0.2) is 16.7 Å². The highest BCUT2D eigenvalue weighted by Crippen LogP contribution is 2.67. The SMILES string of the molecule is CCOP(=O)(OCC)C(Cc1cc(Br)cnc1NC)P(C)(C)=O. The van der Waals surface area contributed by atoms with Gasteiger partial charge in [-0.2, -0.15) is 0 Å².